The van der Waals surface area contributed by atoms with Crippen molar-refractivity contribution in [2.75, 3.05) is 16.8 Å². The van der Waals surface area contributed by atoms with Gasteiger partial charge in [0.25, 0.3) is 5.91 Å². The van der Waals surface area contributed by atoms with Gasteiger partial charge in [0.15, 0.2) is 0 Å². The Morgan fingerprint density at radius 3 is 2.59 bits per heavy atom. The van der Waals surface area contributed by atoms with Crippen LogP contribution in [0.3, 0.4) is 0 Å². The minimum absolute atomic E-state index is 0.0706. The molecule has 6 rings (SSSR count). The lowest BCUT2D eigenvalue weighted by Gasteiger charge is -2.33. The third kappa shape index (κ3) is 1.86. The van der Waals surface area contributed by atoms with Gasteiger partial charge in [-0.25, -0.2) is 9.29 Å². The van der Waals surface area contributed by atoms with E-state index in [1.807, 2.05) is 24.3 Å². The number of hydrogen-bond acceptors (Lipinski definition) is 3. The Morgan fingerprint density at radius 1 is 1.03 bits per heavy atom. The molecule has 3 saturated heterocycles. The van der Waals surface area contributed by atoms with Gasteiger partial charge in [-0.15, -0.1) is 0 Å². The van der Waals surface area contributed by atoms with E-state index in [0.29, 0.717) is 5.69 Å². The minimum atomic E-state index is -1.08. The van der Waals surface area contributed by atoms with E-state index in [1.165, 1.54) is 29.2 Å². The van der Waals surface area contributed by atoms with Crippen LogP contribution in [0.1, 0.15) is 18.4 Å². The van der Waals surface area contributed by atoms with Crippen LogP contribution in [0.25, 0.3) is 0 Å². The second-order valence-electron chi connectivity index (χ2n) is 8.32. The summed E-state index contributed by atoms with van der Waals surface area (Å²) in [7, 11) is 0. The van der Waals surface area contributed by atoms with E-state index >= 15 is 0 Å². The maximum Gasteiger partial charge on any atom is 0.291 e. The standard InChI is InChI=1S/C22H18FN3O3/c23-12-7-9-13(10-8-12)26-19(27)17-16-6-3-11-25(16)22(18(17)20(26)28)14-4-1-2-5-15(14)24-21(22)29/h1-2,4-5,7-10,16-18H,3,6,11H2,(H,24,29)/p+1/t16-,17-,18-,22-/m1/s1. The summed E-state index contributed by atoms with van der Waals surface area (Å²) in [4.78, 5) is 42.7. The first-order valence-electron chi connectivity index (χ1n) is 9.95. The van der Waals surface area contributed by atoms with Gasteiger partial charge in [-0.05, 0) is 30.3 Å². The fourth-order valence-corrected chi connectivity index (χ4v) is 6.26. The summed E-state index contributed by atoms with van der Waals surface area (Å²) < 4.78 is 13.4. The van der Waals surface area contributed by atoms with Crippen molar-refractivity contribution >= 4 is 29.1 Å². The number of para-hydroxylation sites is 1. The number of carbonyl (C=O) groups excluding carboxylic acids is 3. The number of nitrogens with zero attached hydrogens (tertiary/aromatic N) is 1. The highest BCUT2D eigenvalue weighted by Gasteiger charge is 2.78. The maximum atomic E-state index is 13.6. The average Bonchev–Trinajstić information content (AvgIpc) is 3.41. The summed E-state index contributed by atoms with van der Waals surface area (Å²) in [5, 5.41) is 2.96. The number of carbonyl (C=O) groups is 3. The molecule has 7 heteroatoms. The van der Waals surface area contributed by atoms with E-state index in [4.69, 9.17) is 0 Å². The molecule has 4 aliphatic heterocycles. The summed E-state index contributed by atoms with van der Waals surface area (Å²) in [6.45, 7) is 0.760. The molecule has 2 aromatic rings. The minimum Gasteiger partial charge on any atom is -0.320 e. The Labute approximate surface area is 166 Å². The normalized spacial score (nSPS) is 34.5. The van der Waals surface area contributed by atoms with Crippen molar-refractivity contribution in [2.45, 2.75) is 24.4 Å². The second-order valence-corrected chi connectivity index (χ2v) is 8.32. The molecule has 3 fully saturated rings. The molecular weight excluding hydrogens is 373 g/mol. The smallest absolute Gasteiger partial charge is 0.291 e. The summed E-state index contributed by atoms with van der Waals surface area (Å²) in [6, 6.07) is 12.8. The number of nitrogens with one attached hydrogen (secondary N) is 2. The molecule has 4 aliphatic rings. The summed E-state index contributed by atoms with van der Waals surface area (Å²) in [5.74, 6) is -2.55. The number of imide groups is 1. The molecular formula is C22H19FN3O3+. The molecule has 0 saturated carbocycles. The van der Waals surface area contributed by atoms with Gasteiger partial charge < -0.3 is 10.2 Å². The number of anilines is 2. The Balaban J connectivity index is 1.55. The maximum absolute atomic E-state index is 13.6. The average molecular weight is 392 g/mol. The van der Waals surface area contributed by atoms with E-state index in [1.54, 1.807) is 0 Å². The van der Waals surface area contributed by atoms with Crippen molar-refractivity contribution in [1.29, 1.82) is 0 Å². The van der Waals surface area contributed by atoms with Gasteiger partial charge in [0, 0.05) is 18.4 Å². The van der Waals surface area contributed by atoms with Crippen LogP contribution in [0.5, 0.6) is 0 Å². The fourth-order valence-electron chi connectivity index (χ4n) is 6.26. The van der Waals surface area contributed by atoms with Crippen molar-refractivity contribution in [3.05, 3.63) is 59.9 Å². The largest absolute Gasteiger partial charge is 0.320 e. The summed E-state index contributed by atoms with van der Waals surface area (Å²) in [6.07, 6.45) is 1.72. The Hall–Kier alpha value is -3.06. The highest BCUT2D eigenvalue weighted by molar-refractivity contribution is 6.25. The highest BCUT2D eigenvalue weighted by atomic mass is 19.1. The van der Waals surface area contributed by atoms with E-state index in [-0.39, 0.29) is 23.8 Å². The number of halogens is 1. The molecule has 1 unspecified atom stereocenters. The van der Waals surface area contributed by atoms with Crippen LogP contribution in [0.4, 0.5) is 15.8 Å². The number of hydrogen-bond donors (Lipinski definition) is 2. The van der Waals surface area contributed by atoms with Crippen LogP contribution < -0.4 is 15.1 Å². The van der Waals surface area contributed by atoms with Gasteiger partial charge in [0.05, 0.1) is 17.9 Å². The quantitative estimate of drug-likeness (QED) is 0.707. The molecule has 2 aromatic carbocycles. The lowest BCUT2D eigenvalue weighted by molar-refractivity contribution is -0.948. The van der Waals surface area contributed by atoms with Crippen LogP contribution >= 0.6 is 0 Å². The molecule has 0 radical (unpaired) electrons. The molecule has 0 bridgehead atoms. The van der Waals surface area contributed by atoms with Gasteiger partial charge in [-0.2, -0.15) is 0 Å². The third-order valence-corrected chi connectivity index (χ3v) is 7.21. The van der Waals surface area contributed by atoms with Crippen molar-refractivity contribution < 1.29 is 23.7 Å². The Morgan fingerprint density at radius 2 is 1.79 bits per heavy atom. The van der Waals surface area contributed by atoms with E-state index < -0.39 is 23.2 Å². The van der Waals surface area contributed by atoms with Crippen LogP contribution in [0, 0.1) is 17.7 Å². The van der Waals surface area contributed by atoms with Gasteiger partial charge in [-0.3, -0.25) is 14.4 Å². The first kappa shape index (κ1) is 16.9. The predicted molar refractivity (Wildman–Crippen MR) is 101 cm³/mol. The molecule has 0 aliphatic carbocycles. The van der Waals surface area contributed by atoms with Crippen molar-refractivity contribution in [1.82, 2.24) is 0 Å². The van der Waals surface area contributed by atoms with E-state index in [9.17, 15) is 18.8 Å². The third-order valence-electron chi connectivity index (χ3n) is 7.21. The molecule has 0 aromatic heterocycles. The first-order chi connectivity index (χ1) is 14.0. The van der Waals surface area contributed by atoms with E-state index in [2.05, 4.69) is 5.32 Å². The molecule has 29 heavy (non-hydrogen) atoms. The van der Waals surface area contributed by atoms with Crippen LogP contribution in [0.15, 0.2) is 48.5 Å². The number of amides is 3. The SMILES string of the molecule is O=C1[C@@H]2[C@H]3CCC[NH+]3[C@@]3(C(=O)Nc4ccccc43)[C@H]2C(=O)N1c1ccc(F)cc1. The number of benzene rings is 2. The Kier molecular flexibility index (Phi) is 3.20. The van der Waals surface area contributed by atoms with Crippen molar-refractivity contribution in [3.63, 3.8) is 0 Å². The van der Waals surface area contributed by atoms with Gasteiger partial charge in [0.2, 0.25) is 17.4 Å². The molecule has 4 heterocycles. The number of rotatable bonds is 1. The highest BCUT2D eigenvalue weighted by Crippen LogP contribution is 2.52. The van der Waals surface area contributed by atoms with Crippen LogP contribution in [-0.4, -0.2) is 30.3 Å². The zero-order chi connectivity index (χ0) is 19.9. The van der Waals surface area contributed by atoms with Gasteiger partial charge >= 0.3 is 0 Å². The lowest BCUT2D eigenvalue weighted by atomic mass is 9.75. The summed E-state index contributed by atoms with van der Waals surface area (Å²) >= 11 is 0. The van der Waals surface area contributed by atoms with Gasteiger partial charge in [-0.1, -0.05) is 18.2 Å². The lowest BCUT2D eigenvalue weighted by Crippen LogP contribution is -3.19. The number of fused-ring (bicyclic) bond motifs is 7. The molecule has 5 atom stereocenters. The molecule has 2 N–H and O–H groups in total. The van der Waals surface area contributed by atoms with E-state index in [0.717, 1.165) is 35.5 Å². The van der Waals surface area contributed by atoms with Gasteiger partial charge in [0.1, 0.15) is 23.7 Å². The fraction of sp³-hybridized carbons (Fsp3) is 0.318. The number of quaternary nitrogens is 1. The summed E-state index contributed by atoms with van der Waals surface area (Å²) in [5.41, 5.74) is 0.805. The Bertz CT molecular complexity index is 1080. The second kappa shape index (κ2) is 5.51. The molecule has 6 nitrogen and oxygen atoms in total. The first-order valence-corrected chi connectivity index (χ1v) is 9.95. The molecule has 3 amide bonds. The predicted octanol–water partition coefficient (Wildman–Crippen LogP) is 0.840. The zero-order valence-electron chi connectivity index (χ0n) is 15.5. The van der Waals surface area contributed by atoms with Crippen molar-refractivity contribution in [3.8, 4) is 0 Å². The molecule has 146 valence electrons. The zero-order valence-corrected chi connectivity index (χ0v) is 15.5. The van der Waals surface area contributed by atoms with Crippen LogP contribution in [0.2, 0.25) is 0 Å². The molecule has 1 spiro atoms. The monoisotopic (exact) mass is 392 g/mol. The topological polar surface area (TPSA) is 70.9 Å². The van der Waals surface area contributed by atoms with Crippen LogP contribution in [-0.2, 0) is 19.9 Å². The van der Waals surface area contributed by atoms with Crippen molar-refractivity contribution in [2.24, 2.45) is 11.8 Å².